The van der Waals surface area contributed by atoms with Gasteiger partial charge in [-0.3, -0.25) is 0 Å². The summed E-state index contributed by atoms with van der Waals surface area (Å²) in [6.07, 6.45) is 1.30. The summed E-state index contributed by atoms with van der Waals surface area (Å²) >= 11 is 0. The van der Waals surface area contributed by atoms with Gasteiger partial charge in [-0.1, -0.05) is 38.1 Å². The lowest BCUT2D eigenvalue weighted by molar-refractivity contribution is 0.380. The minimum atomic E-state index is 0.624. The van der Waals surface area contributed by atoms with Gasteiger partial charge in [0.2, 0.25) is 0 Å². The van der Waals surface area contributed by atoms with Crippen LogP contribution in [0.3, 0.4) is 0 Å². The Morgan fingerprint density at radius 3 is 2.54 bits per heavy atom. The molecule has 13 heavy (non-hydrogen) atoms. The highest BCUT2D eigenvalue weighted by Gasteiger charge is 2.21. The second kappa shape index (κ2) is 3.51. The Morgan fingerprint density at radius 2 is 2.00 bits per heavy atom. The second-order valence-corrected chi connectivity index (χ2v) is 4.08. The molecule has 0 saturated carbocycles. The monoisotopic (exact) mass is 175 g/mol. The molecule has 0 spiro atoms. The lowest BCUT2D eigenvalue weighted by Gasteiger charge is -2.30. The Kier molecular flexibility index (Phi) is 2.36. The quantitative estimate of drug-likeness (QED) is 0.728. The Labute approximate surface area is 80.2 Å². The molecule has 70 valence electrons. The zero-order chi connectivity index (χ0) is 9.26. The first-order chi connectivity index (χ1) is 6.29. The van der Waals surface area contributed by atoms with Gasteiger partial charge in [-0.05, 0) is 30.0 Å². The maximum absolute atomic E-state index is 3.46. The van der Waals surface area contributed by atoms with Crippen LogP contribution in [-0.2, 0) is 0 Å². The van der Waals surface area contributed by atoms with Crippen molar-refractivity contribution in [3.05, 3.63) is 35.4 Å². The van der Waals surface area contributed by atoms with Gasteiger partial charge in [0.05, 0.1) is 0 Å². The lowest BCUT2D eigenvalue weighted by atomic mass is 9.89. The van der Waals surface area contributed by atoms with Gasteiger partial charge in [-0.15, -0.1) is 0 Å². The molecular formula is C12H17N. The Balaban J connectivity index is 2.31. The molecule has 1 aromatic carbocycles. The minimum Gasteiger partial charge on any atom is -0.310 e. The fourth-order valence-corrected chi connectivity index (χ4v) is 1.91. The summed E-state index contributed by atoms with van der Waals surface area (Å²) in [7, 11) is 0. The summed E-state index contributed by atoms with van der Waals surface area (Å²) in [5, 5.41) is 3.46. The van der Waals surface area contributed by atoms with E-state index >= 15 is 0 Å². The van der Waals surface area contributed by atoms with Crippen molar-refractivity contribution in [3.8, 4) is 0 Å². The smallest absolute Gasteiger partial charge is 0.0335 e. The van der Waals surface area contributed by atoms with E-state index in [0.717, 1.165) is 0 Å². The molecule has 2 rings (SSSR count). The summed E-state index contributed by atoms with van der Waals surface area (Å²) in [5.41, 5.74) is 3.00. The van der Waals surface area contributed by atoms with Crippen LogP contribution < -0.4 is 5.32 Å². The van der Waals surface area contributed by atoms with Crippen LogP contribution in [-0.4, -0.2) is 6.54 Å². The molecule has 1 unspecified atom stereocenters. The molecule has 1 nitrogen and oxygen atoms in total. The van der Waals surface area contributed by atoms with Crippen LogP contribution in [0.4, 0.5) is 0 Å². The molecule has 1 aromatic rings. The summed E-state index contributed by atoms with van der Waals surface area (Å²) in [6.45, 7) is 5.70. The molecule has 0 aromatic heterocycles. The molecule has 0 amide bonds. The lowest BCUT2D eigenvalue weighted by Crippen LogP contribution is -2.35. The number of nitrogens with one attached hydrogen (secondary N) is 1. The van der Waals surface area contributed by atoms with Gasteiger partial charge < -0.3 is 5.32 Å². The van der Waals surface area contributed by atoms with Gasteiger partial charge >= 0.3 is 0 Å². The van der Waals surface area contributed by atoms with Crippen LogP contribution in [0.1, 0.15) is 43.4 Å². The molecule has 1 N–H and O–H groups in total. The van der Waals surface area contributed by atoms with E-state index in [9.17, 15) is 0 Å². The Morgan fingerprint density at radius 1 is 1.31 bits per heavy atom. The molecule has 1 aliphatic heterocycles. The fourth-order valence-electron chi connectivity index (χ4n) is 1.91. The van der Waals surface area contributed by atoms with E-state index in [1.165, 1.54) is 24.1 Å². The van der Waals surface area contributed by atoms with Crippen molar-refractivity contribution in [2.45, 2.75) is 32.2 Å². The molecular weight excluding hydrogens is 158 g/mol. The van der Waals surface area contributed by atoms with E-state index in [1.54, 1.807) is 0 Å². The van der Waals surface area contributed by atoms with E-state index in [0.29, 0.717) is 12.0 Å². The topological polar surface area (TPSA) is 12.0 Å². The van der Waals surface area contributed by atoms with Gasteiger partial charge in [0.25, 0.3) is 0 Å². The average molecular weight is 175 g/mol. The molecule has 1 heterocycles. The van der Waals surface area contributed by atoms with Gasteiger partial charge in [0, 0.05) is 6.04 Å². The predicted octanol–water partition coefficient (Wildman–Crippen LogP) is 2.84. The van der Waals surface area contributed by atoms with Crippen LogP contribution in [0.5, 0.6) is 0 Å². The largest absolute Gasteiger partial charge is 0.310 e. The first-order valence-electron chi connectivity index (χ1n) is 5.11. The Bertz CT molecular complexity index is 287. The first kappa shape index (κ1) is 8.76. The van der Waals surface area contributed by atoms with Crippen LogP contribution in [0.2, 0.25) is 0 Å². The van der Waals surface area contributed by atoms with Crippen molar-refractivity contribution < 1.29 is 0 Å². The van der Waals surface area contributed by atoms with Gasteiger partial charge in [-0.25, -0.2) is 0 Å². The van der Waals surface area contributed by atoms with Gasteiger partial charge in [0.15, 0.2) is 0 Å². The maximum Gasteiger partial charge on any atom is 0.0335 e. The normalized spacial score (nSPS) is 21.6. The predicted molar refractivity (Wildman–Crippen MR) is 55.9 cm³/mol. The van der Waals surface area contributed by atoms with E-state index in [4.69, 9.17) is 0 Å². The number of hydrogen-bond donors (Lipinski definition) is 1. The SMILES string of the molecule is CC(C)c1ccccc1C1CCN1. The van der Waals surface area contributed by atoms with E-state index in [1.807, 2.05) is 0 Å². The van der Waals surface area contributed by atoms with Crippen molar-refractivity contribution in [1.29, 1.82) is 0 Å². The molecule has 0 radical (unpaired) electrons. The van der Waals surface area contributed by atoms with Crippen LogP contribution in [0.15, 0.2) is 24.3 Å². The van der Waals surface area contributed by atoms with Crippen molar-refractivity contribution in [3.63, 3.8) is 0 Å². The van der Waals surface area contributed by atoms with E-state index in [2.05, 4.69) is 43.4 Å². The van der Waals surface area contributed by atoms with Crippen molar-refractivity contribution in [1.82, 2.24) is 5.32 Å². The minimum absolute atomic E-state index is 0.624. The second-order valence-electron chi connectivity index (χ2n) is 4.08. The highest BCUT2D eigenvalue weighted by Crippen LogP contribution is 2.29. The number of benzene rings is 1. The summed E-state index contributed by atoms with van der Waals surface area (Å²) in [6, 6.07) is 9.41. The molecule has 1 saturated heterocycles. The highest BCUT2D eigenvalue weighted by atomic mass is 15.0. The zero-order valence-corrected chi connectivity index (χ0v) is 8.38. The average Bonchev–Trinajstić information content (AvgIpc) is 2.02. The van der Waals surface area contributed by atoms with E-state index in [-0.39, 0.29) is 0 Å². The molecule has 1 aliphatic rings. The molecule has 0 bridgehead atoms. The van der Waals surface area contributed by atoms with Crippen molar-refractivity contribution in [2.75, 3.05) is 6.54 Å². The molecule has 1 heteroatoms. The van der Waals surface area contributed by atoms with Gasteiger partial charge in [-0.2, -0.15) is 0 Å². The third-order valence-electron chi connectivity index (χ3n) is 2.82. The number of rotatable bonds is 2. The fraction of sp³-hybridized carbons (Fsp3) is 0.500. The van der Waals surface area contributed by atoms with Crippen LogP contribution >= 0.6 is 0 Å². The third-order valence-corrected chi connectivity index (χ3v) is 2.82. The van der Waals surface area contributed by atoms with Gasteiger partial charge in [0.1, 0.15) is 0 Å². The maximum atomic E-state index is 3.46. The zero-order valence-electron chi connectivity index (χ0n) is 8.38. The summed E-state index contributed by atoms with van der Waals surface area (Å²) < 4.78 is 0. The molecule has 0 aliphatic carbocycles. The van der Waals surface area contributed by atoms with Crippen LogP contribution in [0.25, 0.3) is 0 Å². The third kappa shape index (κ3) is 1.61. The van der Waals surface area contributed by atoms with E-state index < -0.39 is 0 Å². The summed E-state index contributed by atoms with van der Waals surface area (Å²) in [5.74, 6) is 0.638. The first-order valence-corrected chi connectivity index (χ1v) is 5.11. The Hall–Kier alpha value is -0.820. The molecule has 1 fully saturated rings. The summed E-state index contributed by atoms with van der Waals surface area (Å²) in [4.78, 5) is 0. The highest BCUT2D eigenvalue weighted by molar-refractivity contribution is 5.33. The van der Waals surface area contributed by atoms with Crippen LogP contribution in [0, 0.1) is 0 Å². The molecule has 1 atom stereocenters. The standard InChI is InChI=1S/C12H17N/c1-9(2)10-5-3-4-6-11(10)12-7-8-13-12/h3-6,9,12-13H,7-8H2,1-2H3. The van der Waals surface area contributed by atoms with Crippen molar-refractivity contribution >= 4 is 0 Å². The number of hydrogen-bond acceptors (Lipinski definition) is 1. The van der Waals surface area contributed by atoms with Crippen molar-refractivity contribution in [2.24, 2.45) is 0 Å².